The van der Waals surface area contributed by atoms with Gasteiger partial charge in [0.25, 0.3) is 0 Å². The standard InChI is InChI=1S/C10H17N3/c1-7(2)6-9(11)8-4-3-5-13-10(8)12/h3-5,7,9H,6,11H2,1-2H3,(H2,12,13). The maximum atomic E-state index is 5.98. The Bertz CT molecular complexity index is 271. The van der Waals surface area contributed by atoms with Crippen LogP contribution in [0, 0.1) is 5.92 Å². The quantitative estimate of drug-likeness (QED) is 0.742. The van der Waals surface area contributed by atoms with Crippen molar-refractivity contribution in [1.82, 2.24) is 4.98 Å². The van der Waals surface area contributed by atoms with E-state index in [0.717, 1.165) is 12.0 Å². The average molecular weight is 179 g/mol. The normalized spacial score (nSPS) is 13.2. The molecule has 1 atom stereocenters. The molecule has 1 unspecified atom stereocenters. The second-order valence-corrected chi connectivity index (χ2v) is 3.71. The number of rotatable bonds is 3. The van der Waals surface area contributed by atoms with Crippen molar-refractivity contribution in [1.29, 1.82) is 0 Å². The highest BCUT2D eigenvalue weighted by Crippen LogP contribution is 2.21. The number of hydrogen-bond acceptors (Lipinski definition) is 3. The van der Waals surface area contributed by atoms with Gasteiger partial charge in [-0.25, -0.2) is 4.98 Å². The van der Waals surface area contributed by atoms with Crippen LogP contribution in [0.5, 0.6) is 0 Å². The Hall–Kier alpha value is -1.09. The van der Waals surface area contributed by atoms with E-state index in [9.17, 15) is 0 Å². The molecule has 0 aliphatic rings. The van der Waals surface area contributed by atoms with E-state index in [2.05, 4.69) is 18.8 Å². The summed E-state index contributed by atoms with van der Waals surface area (Å²) in [5.74, 6) is 1.13. The van der Waals surface area contributed by atoms with Crippen molar-refractivity contribution in [3.63, 3.8) is 0 Å². The molecule has 13 heavy (non-hydrogen) atoms. The van der Waals surface area contributed by atoms with Crippen molar-refractivity contribution in [2.75, 3.05) is 5.73 Å². The average Bonchev–Trinajstić information content (AvgIpc) is 2.03. The molecule has 72 valence electrons. The van der Waals surface area contributed by atoms with Crippen molar-refractivity contribution < 1.29 is 0 Å². The van der Waals surface area contributed by atoms with Crippen LogP contribution in [0.25, 0.3) is 0 Å². The van der Waals surface area contributed by atoms with Gasteiger partial charge in [0, 0.05) is 17.8 Å². The van der Waals surface area contributed by atoms with Gasteiger partial charge >= 0.3 is 0 Å². The summed E-state index contributed by atoms with van der Waals surface area (Å²) in [7, 11) is 0. The smallest absolute Gasteiger partial charge is 0.128 e. The van der Waals surface area contributed by atoms with E-state index in [0.29, 0.717) is 11.7 Å². The van der Waals surface area contributed by atoms with E-state index in [1.807, 2.05) is 12.1 Å². The lowest BCUT2D eigenvalue weighted by atomic mass is 9.98. The summed E-state index contributed by atoms with van der Waals surface area (Å²) in [6.45, 7) is 4.29. The third-order valence-electron chi connectivity index (χ3n) is 2.00. The zero-order chi connectivity index (χ0) is 9.84. The van der Waals surface area contributed by atoms with Gasteiger partial charge in [-0.15, -0.1) is 0 Å². The molecule has 0 aliphatic heterocycles. The summed E-state index contributed by atoms with van der Waals surface area (Å²) in [6.07, 6.45) is 2.62. The van der Waals surface area contributed by atoms with Crippen molar-refractivity contribution in [2.45, 2.75) is 26.3 Å². The molecule has 4 N–H and O–H groups in total. The molecule has 0 aromatic carbocycles. The van der Waals surface area contributed by atoms with Gasteiger partial charge in [0.15, 0.2) is 0 Å². The van der Waals surface area contributed by atoms with Crippen LogP contribution in [-0.2, 0) is 0 Å². The molecule has 0 radical (unpaired) electrons. The summed E-state index contributed by atoms with van der Waals surface area (Å²) in [5.41, 5.74) is 12.6. The van der Waals surface area contributed by atoms with Crippen molar-refractivity contribution in [3.05, 3.63) is 23.9 Å². The van der Waals surface area contributed by atoms with Gasteiger partial charge in [-0.3, -0.25) is 0 Å². The van der Waals surface area contributed by atoms with E-state index in [-0.39, 0.29) is 6.04 Å². The highest BCUT2D eigenvalue weighted by molar-refractivity contribution is 5.40. The summed E-state index contributed by atoms with van der Waals surface area (Å²) < 4.78 is 0. The van der Waals surface area contributed by atoms with Gasteiger partial charge in [0.1, 0.15) is 5.82 Å². The molecular weight excluding hydrogens is 162 g/mol. The number of nitrogens with two attached hydrogens (primary N) is 2. The fraction of sp³-hybridized carbons (Fsp3) is 0.500. The van der Waals surface area contributed by atoms with Crippen LogP contribution in [0.15, 0.2) is 18.3 Å². The molecule has 0 amide bonds. The second-order valence-electron chi connectivity index (χ2n) is 3.71. The molecule has 0 aliphatic carbocycles. The van der Waals surface area contributed by atoms with Gasteiger partial charge in [0.2, 0.25) is 0 Å². The molecule has 0 saturated heterocycles. The van der Waals surface area contributed by atoms with Gasteiger partial charge in [-0.1, -0.05) is 19.9 Å². The number of nitrogens with zero attached hydrogens (tertiary/aromatic N) is 1. The highest BCUT2D eigenvalue weighted by Gasteiger charge is 2.10. The predicted molar refractivity (Wildman–Crippen MR) is 55.0 cm³/mol. The molecule has 1 aromatic rings. The first kappa shape index (κ1) is 9.99. The third-order valence-corrected chi connectivity index (χ3v) is 2.00. The summed E-state index contributed by atoms with van der Waals surface area (Å²) in [5, 5.41) is 0. The van der Waals surface area contributed by atoms with E-state index < -0.39 is 0 Å². The van der Waals surface area contributed by atoms with Gasteiger partial charge in [-0.05, 0) is 18.4 Å². The fourth-order valence-electron chi connectivity index (χ4n) is 1.38. The lowest BCUT2D eigenvalue weighted by Gasteiger charge is -2.15. The van der Waals surface area contributed by atoms with Crippen LogP contribution in [0.4, 0.5) is 5.82 Å². The molecule has 3 heteroatoms. The fourth-order valence-corrected chi connectivity index (χ4v) is 1.38. The Morgan fingerprint density at radius 2 is 2.15 bits per heavy atom. The Morgan fingerprint density at radius 1 is 1.46 bits per heavy atom. The molecule has 1 aromatic heterocycles. The molecule has 1 rings (SSSR count). The molecule has 0 saturated carbocycles. The zero-order valence-corrected chi connectivity index (χ0v) is 8.20. The third kappa shape index (κ3) is 2.70. The Balaban J connectivity index is 2.76. The molecule has 3 nitrogen and oxygen atoms in total. The summed E-state index contributed by atoms with van der Waals surface area (Å²) in [6, 6.07) is 3.81. The van der Waals surface area contributed by atoms with Crippen molar-refractivity contribution in [3.8, 4) is 0 Å². The number of anilines is 1. The predicted octanol–water partition coefficient (Wildman–Crippen LogP) is 1.71. The first-order valence-corrected chi connectivity index (χ1v) is 4.57. The van der Waals surface area contributed by atoms with Crippen LogP contribution in [0.3, 0.4) is 0 Å². The maximum absolute atomic E-state index is 5.98. The lowest BCUT2D eigenvalue weighted by molar-refractivity contribution is 0.510. The van der Waals surface area contributed by atoms with Crippen LogP contribution in [0.1, 0.15) is 31.9 Å². The number of nitrogen functional groups attached to an aromatic ring is 1. The largest absolute Gasteiger partial charge is 0.383 e. The van der Waals surface area contributed by atoms with Gasteiger partial charge in [-0.2, -0.15) is 0 Å². The highest BCUT2D eigenvalue weighted by atomic mass is 14.8. The first-order chi connectivity index (χ1) is 6.11. The molecule has 0 bridgehead atoms. The summed E-state index contributed by atoms with van der Waals surface area (Å²) in [4.78, 5) is 4.01. The lowest BCUT2D eigenvalue weighted by Crippen LogP contribution is -2.15. The summed E-state index contributed by atoms with van der Waals surface area (Å²) >= 11 is 0. The number of aromatic nitrogens is 1. The van der Waals surface area contributed by atoms with E-state index in [1.54, 1.807) is 6.20 Å². The minimum absolute atomic E-state index is 0.00806. The minimum atomic E-state index is 0.00806. The van der Waals surface area contributed by atoms with E-state index in [4.69, 9.17) is 11.5 Å². The molecular formula is C10H17N3. The molecule has 0 fully saturated rings. The van der Waals surface area contributed by atoms with Crippen LogP contribution < -0.4 is 11.5 Å². The Morgan fingerprint density at radius 3 is 2.69 bits per heavy atom. The van der Waals surface area contributed by atoms with E-state index >= 15 is 0 Å². The van der Waals surface area contributed by atoms with E-state index in [1.165, 1.54) is 0 Å². The van der Waals surface area contributed by atoms with Gasteiger partial charge in [0.05, 0.1) is 0 Å². The Kier molecular flexibility index (Phi) is 3.25. The zero-order valence-electron chi connectivity index (χ0n) is 8.20. The number of pyridine rings is 1. The van der Waals surface area contributed by atoms with Crippen molar-refractivity contribution in [2.24, 2.45) is 11.7 Å². The van der Waals surface area contributed by atoms with Crippen LogP contribution in [0.2, 0.25) is 0 Å². The minimum Gasteiger partial charge on any atom is -0.383 e. The molecule has 0 spiro atoms. The first-order valence-electron chi connectivity index (χ1n) is 4.57. The van der Waals surface area contributed by atoms with Crippen LogP contribution >= 0.6 is 0 Å². The SMILES string of the molecule is CC(C)CC(N)c1cccnc1N. The van der Waals surface area contributed by atoms with Crippen LogP contribution in [-0.4, -0.2) is 4.98 Å². The second kappa shape index (κ2) is 4.23. The maximum Gasteiger partial charge on any atom is 0.128 e. The topological polar surface area (TPSA) is 64.9 Å². The monoisotopic (exact) mass is 179 g/mol. The van der Waals surface area contributed by atoms with Gasteiger partial charge < -0.3 is 11.5 Å². The van der Waals surface area contributed by atoms with Crippen molar-refractivity contribution >= 4 is 5.82 Å². The Labute approximate surface area is 79.2 Å². The number of hydrogen-bond donors (Lipinski definition) is 2. The molecule has 1 heterocycles.